The minimum absolute atomic E-state index is 0. The number of nitrogens with zero attached hydrogens (tertiary/aromatic N) is 2. The SMILES string of the molecule is C/C(=N\Nc1ccc([N+](=O)[O-])cc1)C1=C[C-]=CC1.CC(=O)C1C=[C-]C=C1.[Fe+2]. The van der Waals surface area contributed by atoms with Crippen molar-refractivity contribution in [3.63, 3.8) is 0 Å². The average molecular weight is 405 g/mol. The van der Waals surface area contributed by atoms with E-state index in [-0.39, 0.29) is 34.5 Å². The molecule has 0 aromatic heterocycles. The zero-order valence-corrected chi connectivity index (χ0v) is 16.1. The van der Waals surface area contributed by atoms with E-state index in [0.717, 1.165) is 23.4 Å². The Hall–Kier alpha value is -2.76. The summed E-state index contributed by atoms with van der Waals surface area (Å²) in [6.07, 6.45) is 15.9. The molecule has 1 atom stereocenters. The van der Waals surface area contributed by atoms with Crippen molar-refractivity contribution >= 4 is 22.9 Å². The number of non-ortho nitro benzene ring substituents is 1. The molecule has 0 spiro atoms. The van der Waals surface area contributed by atoms with E-state index in [1.165, 1.54) is 12.1 Å². The molecule has 0 heterocycles. The fourth-order valence-corrected chi connectivity index (χ4v) is 2.14. The molecule has 0 amide bonds. The number of allylic oxidation sites excluding steroid dienone is 8. The minimum atomic E-state index is -0.427. The first-order valence-electron chi connectivity index (χ1n) is 8.06. The molecule has 0 saturated heterocycles. The van der Waals surface area contributed by atoms with Gasteiger partial charge in [0.2, 0.25) is 0 Å². The molecule has 0 aliphatic heterocycles. The predicted octanol–water partition coefficient (Wildman–Crippen LogP) is 4.19. The van der Waals surface area contributed by atoms with Gasteiger partial charge in [0.15, 0.2) is 0 Å². The summed E-state index contributed by atoms with van der Waals surface area (Å²) in [5.74, 6) is 0.196. The first kappa shape index (κ1) is 22.3. The van der Waals surface area contributed by atoms with Crippen LogP contribution in [0.25, 0.3) is 0 Å². The third-order valence-corrected chi connectivity index (χ3v) is 3.74. The molecule has 7 heteroatoms. The molecule has 6 nitrogen and oxygen atoms in total. The van der Waals surface area contributed by atoms with E-state index in [2.05, 4.69) is 22.7 Å². The summed E-state index contributed by atoms with van der Waals surface area (Å²) in [6.45, 7) is 3.49. The zero-order valence-electron chi connectivity index (χ0n) is 15.0. The molecule has 1 unspecified atom stereocenters. The molecule has 1 N–H and O–H groups in total. The Balaban J connectivity index is 0.000000342. The molecule has 0 bridgehead atoms. The number of nitro groups is 1. The topological polar surface area (TPSA) is 84.6 Å². The number of carbonyl (C=O) groups is 1. The van der Waals surface area contributed by atoms with Gasteiger partial charge in [-0.05, 0) is 37.6 Å². The van der Waals surface area contributed by atoms with Crippen LogP contribution >= 0.6 is 0 Å². The largest absolute Gasteiger partial charge is 2.00 e. The van der Waals surface area contributed by atoms with Crippen molar-refractivity contribution in [2.45, 2.75) is 20.3 Å². The standard InChI is InChI=1S/C13H12N3O2.C7H7O.Fe/c1-10(11-4-2-3-5-11)14-15-12-6-8-13(9-7-12)16(17)18;1-6(8)7-4-2-3-5-7;/h2,5-9,15H,4H2,1H3;2,4-5,7H,1H3;/q2*-1;+2/b14-10+;;. The van der Waals surface area contributed by atoms with Gasteiger partial charge in [-0.2, -0.15) is 22.8 Å². The molecule has 1 aromatic carbocycles. The van der Waals surface area contributed by atoms with Gasteiger partial charge >= 0.3 is 17.1 Å². The summed E-state index contributed by atoms with van der Waals surface area (Å²) in [5.41, 5.74) is 5.66. The van der Waals surface area contributed by atoms with Crippen LogP contribution in [-0.2, 0) is 21.9 Å². The number of hydrazone groups is 1. The molecule has 27 heavy (non-hydrogen) atoms. The van der Waals surface area contributed by atoms with Crippen molar-refractivity contribution in [3.05, 3.63) is 82.5 Å². The van der Waals surface area contributed by atoms with Crippen molar-refractivity contribution in [1.29, 1.82) is 0 Å². The van der Waals surface area contributed by atoms with Gasteiger partial charge in [0, 0.05) is 12.1 Å². The van der Waals surface area contributed by atoms with Crippen LogP contribution < -0.4 is 5.43 Å². The summed E-state index contributed by atoms with van der Waals surface area (Å²) in [6, 6.07) is 6.14. The number of nitro benzene ring substituents is 1. The third kappa shape index (κ3) is 7.17. The maximum Gasteiger partial charge on any atom is 2.00 e. The molecular formula is C20H19FeN3O3. The monoisotopic (exact) mass is 405 g/mol. The minimum Gasteiger partial charge on any atom is -0.301 e. The van der Waals surface area contributed by atoms with Gasteiger partial charge in [0.25, 0.3) is 5.69 Å². The van der Waals surface area contributed by atoms with E-state index < -0.39 is 4.92 Å². The Labute approximate surface area is 169 Å². The molecule has 0 radical (unpaired) electrons. The number of rotatable bonds is 5. The number of ketones is 1. The molecule has 2 aliphatic carbocycles. The van der Waals surface area contributed by atoms with Crippen LogP contribution in [0.15, 0.2) is 65.3 Å². The smallest absolute Gasteiger partial charge is 0.301 e. The van der Waals surface area contributed by atoms with E-state index >= 15 is 0 Å². The molecular weight excluding hydrogens is 386 g/mol. The van der Waals surface area contributed by atoms with E-state index in [0.29, 0.717) is 0 Å². The van der Waals surface area contributed by atoms with Crippen molar-refractivity contribution in [1.82, 2.24) is 0 Å². The van der Waals surface area contributed by atoms with Crippen LogP contribution in [0.3, 0.4) is 0 Å². The molecule has 140 valence electrons. The van der Waals surface area contributed by atoms with E-state index in [1.807, 2.05) is 25.2 Å². The van der Waals surface area contributed by atoms with Crippen LogP contribution in [-0.4, -0.2) is 16.4 Å². The van der Waals surface area contributed by atoms with Crippen molar-refractivity contribution < 1.29 is 26.8 Å². The second-order valence-corrected chi connectivity index (χ2v) is 5.69. The van der Waals surface area contributed by atoms with Gasteiger partial charge < -0.3 is 4.79 Å². The fraction of sp³-hybridized carbons (Fsp3) is 0.200. The molecule has 3 rings (SSSR count). The third-order valence-electron chi connectivity index (χ3n) is 3.74. The number of anilines is 1. The van der Waals surface area contributed by atoms with Gasteiger partial charge in [-0.1, -0.05) is 6.42 Å². The number of benzene rings is 1. The van der Waals surface area contributed by atoms with Gasteiger partial charge in [0.05, 0.1) is 10.6 Å². The van der Waals surface area contributed by atoms with Crippen molar-refractivity contribution in [3.8, 4) is 0 Å². The Morgan fingerprint density at radius 2 is 1.96 bits per heavy atom. The maximum atomic E-state index is 10.5. The number of Topliss-reactive ketones (excluding diaryl/α,β-unsaturated/α-hetero) is 1. The van der Waals surface area contributed by atoms with E-state index in [9.17, 15) is 14.9 Å². The second kappa shape index (κ2) is 11.1. The quantitative estimate of drug-likeness (QED) is 0.262. The number of hydrogen-bond donors (Lipinski definition) is 1. The molecule has 2 aliphatic rings. The molecule has 0 fully saturated rings. The van der Waals surface area contributed by atoms with Crippen molar-refractivity contribution in [2.24, 2.45) is 11.0 Å². The number of nitrogens with one attached hydrogen (secondary N) is 1. The Kier molecular flexibility index (Phi) is 9.13. The van der Waals surface area contributed by atoms with Gasteiger partial charge in [-0.3, -0.25) is 27.7 Å². The fourth-order valence-electron chi connectivity index (χ4n) is 2.14. The molecule has 1 aromatic rings. The summed E-state index contributed by atoms with van der Waals surface area (Å²) in [5, 5.41) is 14.7. The van der Waals surface area contributed by atoms with Crippen molar-refractivity contribution in [2.75, 3.05) is 5.43 Å². The summed E-state index contributed by atoms with van der Waals surface area (Å²) >= 11 is 0. The van der Waals surface area contributed by atoms with Crippen LogP contribution in [0.5, 0.6) is 0 Å². The Morgan fingerprint density at radius 1 is 1.26 bits per heavy atom. The summed E-state index contributed by atoms with van der Waals surface area (Å²) in [4.78, 5) is 20.6. The van der Waals surface area contributed by atoms with Crippen LogP contribution in [0.2, 0.25) is 0 Å². The van der Waals surface area contributed by atoms with Crippen LogP contribution in [0.4, 0.5) is 11.4 Å². The van der Waals surface area contributed by atoms with Gasteiger partial charge in [0.1, 0.15) is 5.78 Å². The maximum absolute atomic E-state index is 10.5. The summed E-state index contributed by atoms with van der Waals surface area (Å²) in [7, 11) is 0. The predicted molar refractivity (Wildman–Crippen MR) is 101 cm³/mol. The van der Waals surface area contributed by atoms with Crippen LogP contribution in [0, 0.1) is 28.2 Å². The zero-order chi connectivity index (χ0) is 18.9. The number of carbonyl (C=O) groups excluding carboxylic acids is 1. The van der Waals surface area contributed by atoms with Gasteiger partial charge in [-0.25, -0.2) is 18.2 Å². The van der Waals surface area contributed by atoms with E-state index in [4.69, 9.17) is 0 Å². The van der Waals surface area contributed by atoms with Gasteiger partial charge in [-0.15, -0.1) is 0 Å². The average Bonchev–Trinajstić information content (AvgIpc) is 3.33. The van der Waals surface area contributed by atoms with E-state index in [1.54, 1.807) is 31.2 Å². The number of hydrogen-bond acceptors (Lipinski definition) is 5. The Morgan fingerprint density at radius 3 is 2.41 bits per heavy atom. The normalized spacial score (nSPS) is 16.9. The summed E-state index contributed by atoms with van der Waals surface area (Å²) < 4.78 is 0. The van der Waals surface area contributed by atoms with Crippen LogP contribution in [0.1, 0.15) is 20.3 Å². The Bertz CT molecular complexity index is 809. The molecule has 0 saturated carbocycles. The second-order valence-electron chi connectivity index (χ2n) is 5.69. The first-order chi connectivity index (χ1) is 12.5. The first-order valence-corrected chi connectivity index (χ1v) is 8.06.